The standard InChI is InChI=1S/C16H21F3N2O4/c17-16(18,19)12-4-5-15(23)21(9-12)10-14(22)20-6-2-7-24-11-13-3-1-8-25-13/h4-5,9,13H,1-3,6-8,10-11H2,(H,20,22). The molecule has 6 nitrogen and oxygen atoms in total. The molecule has 1 aromatic heterocycles. The summed E-state index contributed by atoms with van der Waals surface area (Å²) in [6.07, 6.45) is -1.18. The molecule has 25 heavy (non-hydrogen) atoms. The first kappa shape index (κ1) is 19.5. The van der Waals surface area contributed by atoms with E-state index >= 15 is 0 Å². The SMILES string of the molecule is O=C(Cn1cc(C(F)(F)F)ccc1=O)NCCCOCC1CCCO1. The van der Waals surface area contributed by atoms with E-state index in [2.05, 4.69) is 5.32 Å². The minimum absolute atomic E-state index is 0.141. The number of alkyl halides is 3. The molecule has 0 saturated carbocycles. The third-order valence-corrected chi connectivity index (χ3v) is 3.74. The van der Waals surface area contributed by atoms with Crippen molar-refractivity contribution in [3.63, 3.8) is 0 Å². The average molecular weight is 362 g/mol. The number of nitrogens with zero attached hydrogens (tertiary/aromatic N) is 1. The van der Waals surface area contributed by atoms with Crippen LogP contribution < -0.4 is 10.9 Å². The van der Waals surface area contributed by atoms with Gasteiger partial charge in [-0.1, -0.05) is 0 Å². The Morgan fingerprint density at radius 2 is 2.20 bits per heavy atom. The van der Waals surface area contributed by atoms with E-state index in [0.717, 1.165) is 30.1 Å². The summed E-state index contributed by atoms with van der Waals surface area (Å²) >= 11 is 0. The number of hydrogen-bond acceptors (Lipinski definition) is 4. The van der Waals surface area contributed by atoms with E-state index in [9.17, 15) is 22.8 Å². The summed E-state index contributed by atoms with van der Waals surface area (Å²) in [5.41, 5.74) is -1.63. The molecule has 9 heteroatoms. The molecule has 1 aliphatic heterocycles. The molecule has 0 bridgehead atoms. The fraction of sp³-hybridized carbons (Fsp3) is 0.625. The van der Waals surface area contributed by atoms with Gasteiger partial charge in [-0.3, -0.25) is 9.59 Å². The number of nitrogens with one attached hydrogen (secondary N) is 1. The molecule has 2 rings (SSSR count). The van der Waals surface area contributed by atoms with Gasteiger partial charge in [-0.05, 0) is 25.3 Å². The highest BCUT2D eigenvalue weighted by Gasteiger charge is 2.31. The lowest BCUT2D eigenvalue weighted by molar-refractivity contribution is -0.138. The minimum atomic E-state index is -4.56. The molecule has 1 atom stereocenters. The van der Waals surface area contributed by atoms with Gasteiger partial charge in [-0.25, -0.2) is 0 Å². The fourth-order valence-corrected chi connectivity index (χ4v) is 2.43. The molecule has 1 aromatic rings. The first-order chi connectivity index (χ1) is 11.9. The van der Waals surface area contributed by atoms with Crippen LogP contribution in [0, 0.1) is 0 Å². The van der Waals surface area contributed by atoms with Crippen molar-refractivity contribution in [1.82, 2.24) is 9.88 Å². The van der Waals surface area contributed by atoms with Crippen molar-refractivity contribution in [1.29, 1.82) is 0 Å². The van der Waals surface area contributed by atoms with Gasteiger partial charge < -0.3 is 19.4 Å². The Balaban J connectivity index is 1.68. The molecule has 0 spiro atoms. The van der Waals surface area contributed by atoms with E-state index < -0.39 is 29.8 Å². The quantitative estimate of drug-likeness (QED) is 0.713. The van der Waals surface area contributed by atoms with Crippen LogP contribution in [0.15, 0.2) is 23.1 Å². The first-order valence-corrected chi connectivity index (χ1v) is 8.10. The smallest absolute Gasteiger partial charge is 0.379 e. The van der Waals surface area contributed by atoms with E-state index in [1.807, 2.05) is 0 Å². The highest BCUT2D eigenvalue weighted by atomic mass is 19.4. The van der Waals surface area contributed by atoms with Crippen LogP contribution in [0.4, 0.5) is 13.2 Å². The normalized spacial score (nSPS) is 17.6. The summed E-state index contributed by atoms with van der Waals surface area (Å²) < 4.78 is 49.5. The van der Waals surface area contributed by atoms with Gasteiger partial charge in [0.15, 0.2) is 0 Å². The van der Waals surface area contributed by atoms with Crippen LogP contribution in [0.25, 0.3) is 0 Å². The number of hydrogen-bond donors (Lipinski definition) is 1. The lowest BCUT2D eigenvalue weighted by atomic mass is 10.2. The minimum Gasteiger partial charge on any atom is -0.379 e. The molecule has 1 N–H and O–H groups in total. The van der Waals surface area contributed by atoms with Crippen LogP contribution in [-0.2, 0) is 27.0 Å². The van der Waals surface area contributed by atoms with Crippen molar-refractivity contribution in [2.45, 2.75) is 38.1 Å². The van der Waals surface area contributed by atoms with Crippen LogP contribution in [0.2, 0.25) is 0 Å². The third-order valence-electron chi connectivity index (χ3n) is 3.74. The lowest BCUT2D eigenvalue weighted by Crippen LogP contribution is -2.33. The largest absolute Gasteiger partial charge is 0.417 e. The van der Waals surface area contributed by atoms with Crippen LogP contribution in [0.5, 0.6) is 0 Å². The third kappa shape index (κ3) is 6.50. The van der Waals surface area contributed by atoms with E-state index in [4.69, 9.17) is 9.47 Å². The molecule has 1 unspecified atom stereocenters. The summed E-state index contributed by atoms with van der Waals surface area (Å²) in [5, 5.41) is 2.55. The molecule has 140 valence electrons. The Bertz CT molecular complexity index is 625. The average Bonchev–Trinajstić information content (AvgIpc) is 3.05. The van der Waals surface area contributed by atoms with Crippen molar-refractivity contribution in [2.24, 2.45) is 0 Å². The number of rotatable bonds is 8. The Morgan fingerprint density at radius 1 is 1.40 bits per heavy atom. The van der Waals surface area contributed by atoms with Crippen LogP contribution >= 0.6 is 0 Å². The van der Waals surface area contributed by atoms with Crippen molar-refractivity contribution in [3.8, 4) is 0 Å². The molecule has 2 heterocycles. The van der Waals surface area contributed by atoms with Crippen molar-refractivity contribution < 1.29 is 27.4 Å². The molecule has 0 aliphatic carbocycles. The van der Waals surface area contributed by atoms with Gasteiger partial charge in [-0.2, -0.15) is 13.2 Å². The van der Waals surface area contributed by atoms with Gasteiger partial charge in [-0.15, -0.1) is 0 Å². The van der Waals surface area contributed by atoms with E-state index in [-0.39, 0.29) is 6.10 Å². The van der Waals surface area contributed by atoms with E-state index in [0.29, 0.717) is 38.4 Å². The molecule has 0 aromatic carbocycles. The number of pyridine rings is 1. The van der Waals surface area contributed by atoms with Gasteiger partial charge in [0, 0.05) is 32.0 Å². The second-order valence-electron chi connectivity index (χ2n) is 5.80. The topological polar surface area (TPSA) is 69.6 Å². The van der Waals surface area contributed by atoms with Crippen LogP contribution in [0.3, 0.4) is 0 Å². The maximum absolute atomic E-state index is 12.6. The molecule has 1 amide bonds. The second-order valence-corrected chi connectivity index (χ2v) is 5.80. The zero-order chi connectivity index (χ0) is 18.3. The van der Waals surface area contributed by atoms with Gasteiger partial charge >= 0.3 is 6.18 Å². The summed E-state index contributed by atoms with van der Waals surface area (Å²) in [6, 6.07) is 1.50. The molecular weight excluding hydrogens is 341 g/mol. The number of ether oxygens (including phenoxy) is 2. The first-order valence-electron chi connectivity index (χ1n) is 8.10. The van der Waals surface area contributed by atoms with E-state index in [1.54, 1.807) is 0 Å². The summed E-state index contributed by atoms with van der Waals surface area (Å²) in [7, 11) is 0. The van der Waals surface area contributed by atoms with Crippen molar-refractivity contribution in [3.05, 3.63) is 34.2 Å². The maximum Gasteiger partial charge on any atom is 0.417 e. The predicted molar refractivity (Wildman–Crippen MR) is 83.1 cm³/mol. The van der Waals surface area contributed by atoms with Crippen LogP contribution in [-0.4, -0.2) is 42.9 Å². The molecule has 0 radical (unpaired) electrons. The Kier molecular flexibility index (Phi) is 7.01. The number of carbonyl (C=O) groups is 1. The predicted octanol–water partition coefficient (Wildman–Crippen LogP) is 1.57. The summed E-state index contributed by atoms with van der Waals surface area (Å²) in [4.78, 5) is 23.3. The lowest BCUT2D eigenvalue weighted by Gasteiger charge is -2.12. The fourth-order valence-electron chi connectivity index (χ4n) is 2.43. The zero-order valence-corrected chi connectivity index (χ0v) is 13.7. The van der Waals surface area contributed by atoms with Gasteiger partial charge in [0.05, 0.1) is 18.3 Å². The Hall–Kier alpha value is -1.87. The van der Waals surface area contributed by atoms with Crippen LogP contribution in [0.1, 0.15) is 24.8 Å². The van der Waals surface area contributed by atoms with Gasteiger partial charge in [0.1, 0.15) is 6.54 Å². The number of carbonyl (C=O) groups excluding carboxylic acids is 1. The van der Waals surface area contributed by atoms with Crippen molar-refractivity contribution >= 4 is 5.91 Å². The molecular formula is C16H21F3N2O4. The van der Waals surface area contributed by atoms with Crippen molar-refractivity contribution in [2.75, 3.05) is 26.4 Å². The zero-order valence-electron chi connectivity index (χ0n) is 13.7. The van der Waals surface area contributed by atoms with E-state index in [1.165, 1.54) is 0 Å². The highest BCUT2D eigenvalue weighted by Crippen LogP contribution is 2.27. The molecule has 1 saturated heterocycles. The van der Waals surface area contributed by atoms with Gasteiger partial charge in [0.25, 0.3) is 5.56 Å². The summed E-state index contributed by atoms with van der Waals surface area (Å²) in [5.74, 6) is -0.527. The monoisotopic (exact) mass is 362 g/mol. The number of aromatic nitrogens is 1. The molecule has 1 fully saturated rings. The highest BCUT2D eigenvalue weighted by molar-refractivity contribution is 5.75. The molecule has 1 aliphatic rings. The second kappa shape index (κ2) is 9.00. The number of halogens is 3. The Morgan fingerprint density at radius 3 is 2.88 bits per heavy atom. The van der Waals surface area contributed by atoms with Gasteiger partial charge in [0.2, 0.25) is 5.91 Å². The number of amides is 1. The Labute approximate surface area is 142 Å². The summed E-state index contributed by atoms with van der Waals surface area (Å²) in [6.45, 7) is 1.59. The maximum atomic E-state index is 12.6.